The van der Waals surface area contributed by atoms with Gasteiger partial charge in [-0.1, -0.05) is 6.42 Å². The number of esters is 1. The van der Waals surface area contributed by atoms with Crippen molar-refractivity contribution in [1.29, 1.82) is 0 Å². The van der Waals surface area contributed by atoms with Crippen molar-refractivity contribution in [1.82, 2.24) is 9.21 Å². The molecule has 6 nitrogen and oxygen atoms in total. The number of hydrogen-bond acceptors (Lipinski definition) is 5. The average molecular weight is 318 g/mol. The molecule has 1 heterocycles. The molecule has 122 valence electrons. The average Bonchev–Trinajstić information content (AvgIpc) is 2.96. The van der Waals surface area contributed by atoms with E-state index < -0.39 is 21.2 Å². The highest BCUT2D eigenvalue weighted by molar-refractivity contribution is 7.89. The largest absolute Gasteiger partial charge is 0.469 e. The van der Waals surface area contributed by atoms with Gasteiger partial charge in [-0.15, -0.1) is 0 Å². The lowest BCUT2D eigenvalue weighted by molar-refractivity contribution is -0.145. The van der Waals surface area contributed by atoms with Crippen molar-refractivity contribution in [2.45, 2.75) is 43.4 Å². The molecule has 0 aromatic rings. The Kier molecular flexibility index (Phi) is 5.27. The summed E-state index contributed by atoms with van der Waals surface area (Å²) in [6.07, 6.45) is 3.84. The highest BCUT2D eigenvalue weighted by Gasteiger charge is 2.45. The highest BCUT2D eigenvalue weighted by atomic mass is 32.2. The van der Waals surface area contributed by atoms with Crippen LogP contribution in [0.15, 0.2) is 0 Å². The van der Waals surface area contributed by atoms with E-state index in [1.54, 1.807) is 4.31 Å². The minimum absolute atomic E-state index is 0.256. The van der Waals surface area contributed by atoms with Gasteiger partial charge in [-0.3, -0.25) is 4.79 Å². The maximum absolute atomic E-state index is 12.9. The van der Waals surface area contributed by atoms with Gasteiger partial charge in [0.1, 0.15) is 0 Å². The first-order valence-corrected chi connectivity index (χ1v) is 9.11. The first-order chi connectivity index (χ1) is 9.87. The molecule has 2 rings (SSSR count). The summed E-state index contributed by atoms with van der Waals surface area (Å²) in [6, 6.07) is 0.256. The number of methoxy groups -OCH3 is 1. The molecule has 0 N–H and O–H groups in total. The second-order valence-corrected chi connectivity index (χ2v) is 8.41. The van der Waals surface area contributed by atoms with E-state index in [4.69, 9.17) is 4.74 Å². The molecule has 7 heteroatoms. The van der Waals surface area contributed by atoms with Gasteiger partial charge in [0.15, 0.2) is 0 Å². The fourth-order valence-corrected chi connectivity index (χ4v) is 5.74. The van der Waals surface area contributed by atoms with Crippen molar-refractivity contribution in [3.63, 3.8) is 0 Å². The first kappa shape index (κ1) is 16.7. The van der Waals surface area contributed by atoms with Gasteiger partial charge in [0.25, 0.3) is 0 Å². The van der Waals surface area contributed by atoms with Crippen LogP contribution in [-0.4, -0.2) is 69.2 Å². The molecular formula is C14H26N2O4S. The minimum atomic E-state index is -3.43. The van der Waals surface area contributed by atoms with Crippen LogP contribution in [-0.2, 0) is 19.6 Å². The molecule has 21 heavy (non-hydrogen) atoms. The monoisotopic (exact) mass is 318 g/mol. The zero-order valence-electron chi connectivity index (χ0n) is 13.1. The summed E-state index contributed by atoms with van der Waals surface area (Å²) in [5, 5.41) is -0.606. The highest BCUT2D eigenvalue weighted by Crippen LogP contribution is 2.34. The van der Waals surface area contributed by atoms with Crippen molar-refractivity contribution < 1.29 is 17.9 Å². The van der Waals surface area contributed by atoms with Crippen molar-refractivity contribution >= 4 is 16.0 Å². The van der Waals surface area contributed by atoms with Crippen LogP contribution in [0.2, 0.25) is 0 Å². The van der Waals surface area contributed by atoms with E-state index in [1.165, 1.54) is 7.11 Å². The Hall–Kier alpha value is -0.660. The Morgan fingerprint density at radius 2 is 1.90 bits per heavy atom. The number of nitrogens with zero attached hydrogens (tertiary/aromatic N) is 2. The quantitative estimate of drug-likeness (QED) is 0.713. The lowest BCUT2D eigenvalue weighted by atomic mass is 10.1. The maximum atomic E-state index is 12.9. The number of carbonyl (C=O) groups is 1. The van der Waals surface area contributed by atoms with Crippen LogP contribution in [0, 0.1) is 5.92 Å². The summed E-state index contributed by atoms with van der Waals surface area (Å²) in [6.45, 7) is 1.09. The number of piperidine rings is 1. The van der Waals surface area contributed by atoms with Crippen molar-refractivity contribution in [3.05, 3.63) is 0 Å². The predicted octanol–water partition coefficient (Wildman–Crippen LogP) is 0.684. The van der Waals surface area contributed by atoms with Crippen molar-refractivity contribution in [2.24, 2.45) is 5.92 Å². The van der Waals surface area contributed by atoms with Gasteiger partial charge in [-0.05, 0) is 39.8 Å². The van der Waals surface area contributed by atoms with Gasteiger partial charge < -0.3 is 9.64 Å². The Balaban J connectivity index is 2.15. The van der Waals surface area contributed by atoms with E-state index in [9.17, 15) is 13.2 Å². The van der Waals surface area contributed by atoms with Gasteiger partial charge in [0.2, 0.25) is 10.0 Å². The Bertz CT molecular complexity index is 477. The van der Waals surface area contributed by atoms with Gasteiger partial charge in [0.05, 0.1) is 18.3 Å². The molecule has 1 saturated carbocycles. The normalized spacial score (nSPS) is 31.5. The molecule has 1 saturated heterocycles. The van der Waals surface area contributed by atoms with Gasteiger partial charge in [-0.25, -0.2) is 12.7 Å². The number of likely N-dealkylation sites (N-methyl/N-ethyl adjacent to an activating group) is 1. The molecular weight excluding hydrogens is 292 g/mol. The second-order valence-electron chi connectivity index (χ2n) is 6.26. The number of carbonyl (C=O) groups excluding carboxylic acids is 1. The van der Waals surface area contributed by atoms with E-state index >= 15 is 0 Å². The van der Waals surface area contributed by atoms with Crippen molar-refractivity contribution in [2.75, 3.05) is 34.3 Å². The fourth-order valence-electron chi connectivity index (χ4n) is 3.47. The van der Waals surface area contributed by atoms with E-state index in [0.717, 1.165) is 19.3 Å². The third kappa shape index (κ3) is 3.40. The molecule has 0 bridgehead atoms. The Labute approximate surface area is 127 Å². The molecule has 0 aromatic carbocycles. The van der Waals surface area contributed by atoms with E-state index in [2.05, 4.69) is 4.90 Å². The van der Waals surface area contributed by atoms with Crippen LogP contribution in [0.1, 0.15) is 32.1 Å². The molecule has 1 aliphatic carbocycles. The maximum Gasteiger partial charge on any atom is 0.310 e. The van der Waals surface area contributed by atoms with Crippen LogP contribution in [0.5, 0.6) is 0 Å². The lowest BCUT2D eigenvalue weighted by Gasteiger charge is -2.37. The standard InChI is InChI=1S/C14H26N2O4S/c1-15(2)11-6-5-9-16(10-11)21(18,19)13-8-4-7-12(13)14(17)20-3/h11-13H,4-10H2,1-3H3. The summed E-state index contributed by atoms with van der Waals surface area (Å²) >= 11 is 0. The zero-order valence-corrected chi connectivity index (χ0v) is 13.9. The molecule has 2 aliphatic rings. The number of ether oxygens (including phenoxy) is 1. The number of sulfonamides is 1. The topological polar surface area (TPSA) is 66.9 Å². The lowest BCUT2D eigenvalue weighted by Crippen LogP contribution is -2.51. The molecule has 0 radical (unpaired) electrons. The third-order valence-electron chi connectivity index (χ3n) is 4.79. The summed E-state index contributed by atoms with van der Waals surface area (Å²) in [4.78, 5) is 13.9. The smallest absolute Gasteiger partial charge is 0.310 e. The van der Waals surface area contributed by atoms with Crippen molar-refractivity contribution in [3.8, 4) is 0 Å². The minimum Gasteiger partial charge on any atom is -0.469 e. The zero-order chi connectivity index (χ0) is 15.6. The molecule has 1 aliphatic heterocycles. The van der Waals surface area contributed by atoms with Gasteiger partial charge >= 0.3 is 5.97 Å². The Morgan fingerprint density at radius 1 is 1.19 bits per heavy atom. The molecule has 3 unspecified atom stereocenters. The number of rotatable bonds is 4. The third-order valence-corrected chi connectivity index (χ3v) is 7.17. The van der Waals surface area contributed by atoms with Crippen LogP contribution >= 0.6 is 0 Å². The summed E-state index contributed by atoms with van der Waals surface area (Å²) < 4.78 is 32.1. The van der Waals surface area contributed by atoms with E-state index in [-0.39, 0.29) is 12.0 Å². The van der Waals surface area contributed by atoms with Crippen LogP contribution in [0.3, 0.4) is 0 Å². The molecule has 0 amide bonds. The SMILES string of the molecule is COC(=O)C1CCCC1S(=O)(=O)N1CCCC(N(C)C)C1. The van der Waals surface area contributed by atoms with E-state index in [1.807, 2.05) is 14.1 Å². The summed E-state index contributed by atoms with van der Waals surface area (Å²) in [5.74, 6) is -0.887. The molecule has 0 spiro atoms. The first-order valence-electron chi connectivity index (χ1n) is 7.61. The Morgan fingerprint density at radius 3 is 2.52 bits per heavy atom. The molecule has 0 aromatic heterocycles. The summed E-state index contributed by atoms with van der Waals surface area (Å²) in [7, 11) is 1.86. The fraction of sp³-hybridized carbons (Fsp3) is 0.929. The predicted molar refractivity (Wildman–Crippen MR) is 80.3 cm³/mol. The van der Waals surface area contributed by atoms with Gasteiger partial charge in [0, 0.05) is 19.1 Å². The van der Waals surface area contributed by atoms with Crippen LogP contribution < -0.4 is 0 Å². The van der Waals surface area contributed by atoms with E-state index in [0.29, 0.717) is 25.9 Å². The molecule has 3 atom stereocenters. The van der Waals surface area contributed by atoms with Crippen LogP contribution in [0.4, 0.5) is 0 Å². The molecule has 2 fully saturated rings. The summed E-state index contributed by atoms with van der Waals surface area (Å²) in [5.41, 5.74) is 0. The second kappa shape index (κ2) is 6.62. The van der Waals surface area contributed by atoms with Crippen LogP contribution in [0.25, 0.3) is 0 Å². The van der Waals surface area contributed by atoms with Gasteiger partial charge in [-0.2, -0.15) is 0 Å². The number of hydrogen-bond donors (Lipinski definition) is 0.